The second kappa shape index (κ2) is 7.65. The molecule has 1 fully saturated rings. The lowest BCUT2D eigenvalue weighted by molar-refractivity contribution is -0.125. The SMILES string of the molecule is CCOC(=O)c1ccc(NC(=O)C23CCC(C)(c4nc5cc(Cl)c(Cl)cc5nc42)C3(C)C)cc1. The number of anilines is 1. The average molecular weight is 498 g/mol. The molecular formula is C26H25Cl2N3O3. The average Bonchev–Trinajstić information content (AvgIpc) is 3.09. The number of amides is 1. The van der Waals surface area contributed by atoms with Gasteiger partial charge in [0.25, 0.3) is 0 Å². The zero-order chi connectivity index (χ0) is 24.5. The fourth-order valence-corrected chi connectivity index (χ4v) is 6.06. The van der Waals surface area contributed by atoms with Crippen LogP contribution in [0.2, 0.25) is 10.0 Å². The summed E-state index contributed by atoms with van der Waals surface area (Å²) < 4.78 is 5.04. The van der Waals surface area contributed by atoms with Crippen molar-refractivity contribution in [1.82, 2.24) is 9.97 Å². The van der Waals surface area contributed by atoms with Crippen molar-refractivity contribution in [2.75, 3.05) is 11.9 Å². The van der Waals surface area contributed by atoms with Crippen molar-refractivity contribution in [3.63, 3.8) is 0 Å². The number of halogens is 2. The molecule has 2 bridgehead atoms. The second-order valence-electron chi connectivity index (χ2n) is 9.79. The summed E-state index contributed by atoms with van der Waals surface area (Å²) in [5, 5.41) is 3.90. The number of hydrogen-bond acceptors (Lipinski definition) is 5. The number of aromatic nitrogens is 2. The van der Waals surface area contributed by atoms with E-state index in [1.807, 2.05) is 0 Å². The van der Waals surface area contributed by atoms with Gasteiger partial charge in [-0.15, -0.1) is 0 Å². The Hall–Kier alpha value is -2.70. The highest BCUT2D eigenvalue weighted by Crippen LogP contribution is 2.70. The quantitative estimate of drug-likeness (QED) is 0.441. The Morgan fingerprint density at radius 2 is 1.56 bits per heavy atom. The topological polar surface area (TPSA) is 81.2 Å². The number of rotatable bonds is 4. The van der Waals surface area contributed by atoms with Crippen molar-refractivity contribution in [2.45, 2.75) is 51.4 Å². The van der Waals surface area contributed by atoms with Crippen molar-refractivity contribution in [3.8, 4) is 0 Å². The smallest absolute Gasteiger partial charge is 0.338 e. The lowest BCUT2D eigenvalue weighted by atomic mass is 9.63. The van der Waals surface area contributed by atoms with E-state index in [0.717, 1.165) is 12.1 Å². The maximum absolute atomic E-state index is 14.0. The number of benzene rings is 2. The Morgan fingerprint density at radius 1 is 0.971 bits per heavy atom. The van der Waals surface area contributed by atoms with Gasteiger partial charge in [0.2, 0.25) is 5.91 Å². The van der Waals surface area contributed by atoms with E-state index in [2.05, 4.69) is 26.1 Å². The molecule has 2 aliphatic rings. The van der Waals surface area contributed by atoms with E-state index in [4.69, 9.17) is 37.9 Å². The van der Waals surface area contributed by atoms with Gasteiger partial charge in [-0.2, -0.15) is 0 Å². The number of carbonyl (C=O) groups is 2. The summed E-state index contributed by atoms with van der Waals surface area (Å²) in [5.41, 5.74) is 2.28. The van der Waals surface area contributed by atoms with E-state index >= 15 is 0 Å². The summed E-state index contributed by atoms with van der Waals surface area (Å²) in [5.74, 6) is -0.519. The van der Waals surface area contributed by atoms with Gasteiger partial charge < -0.3 is 10.1 Å². The van der Waals surface area contributed by atoms with Gasteiger partial charge >= 0.3 is 5.97 Å². The zero-order valence-electron chi connectivity index (χ0n) is 19.5. The van der Waals surface area contributed by atoms with Gasteiger partial charge in [-0.1, -0.05) is 44.0 Å². The third-order valence-corrected chi connectivity index (χ3v) is 8.84. The molecule has 176 valence electrons. The maximum atomic E-state index is 14.0. The largest absolute Gasteiger partial charge is 0.462 e. The molecule has 1 amide bonds. The molecule has 1 N–H and O–H groups in total. The molecule has 2 atom stereocenters. The molecular weight excluding hydrogens is 473 g/mol. The zero-order valence-corrected chi connectivity index (χ0v) is 21.0. The predicted molar refractivity (Wildman–Crippen MR) is 133 cm³/mol. The van der Waals surface area contributed by atoms with Gasteiger partial charge in [0.05, 0.1) is 50.1 Å². The first kappa shape index (κ1) is 23.1. The van der Waals surface area contributed by atoms with Gasteiger partial charge in [-0.25, -0.2) is 14.8 Å². The van der Waals surface area contributed by atoms with Crippen molar-refractivity contribution in [3.05, 3.63) is 63.4 Å². The summed E-state index contributed by atoms with van der Waals surface area (Å²) in [6.45, 7) is 8.48. The molecule has 8 heteroatoms. The van der Waals surface area contributed by atoms with Crippen LogP contribution in [0.1, 0.15) is 62.3 Å². The van der Waals surface area contributed by atoms with Crippen LogP contribution in [0.4, 0.5) is 5.69 Å². The first-order chi connectivity index (χ1) is 16.0. The number of nitrogens with zero attached hydrogens (tertiary/aromatic N) is 2. The van der Waals surface area contributed by atoms with Gasteiger partial charge in [0, 0.05) is 11.1 Å². The summed E-state index contributed by atoms with van der Waals surface area (Å²) >= 11 is 12.5. The van der Waals surface area contributed by atoms with Crippen LogP contribution in [-0.2, 0) is 20.4 Å². The van der Waals surface area contributed by atoms with Crippen molar-refractivity contribution >= 4 is 51.8 Å². The van der Waals surface area contributed by atoms with Crippen LogP contribution in [0.15, 0.2) is 36.4 Å². The standard InChI is InChI=1S/C26H25Cl2N3O3/c1-5-34-22(32)14-6-8-15(9-7-14)29-23(33)26-11-10-25(4,24(26,2)3)20-21(26)31-19-13-17(28)16(27)12-18(19)30-20/h6-9,12-13H,5,10-11H2,1-4H3,(H,29,33). The highest BCUT2D eigenvalue weighted by Gasteiger charge is 2.73. The minimum absolute atomic E-state index is 0.127. The van der Waals surface area contributed by atoms with Gasteiger partial charge in [-0.3, -0.25) is 4.79 Å². The van der Waals surface area contributed by atoms with Crippen LogP contribution in [0.3, 0.4) is 0 Å². The first-order valence-electron chi connectivity index (χ1n) is 11.3. The lowest BCUT2D eigenvalue weighted by Gasteiger charge is -2.39. The number of fused-ring (bicyclic) bond motifs is 6. The lowest BCUT2D eigenvalue weighted by Crippen LogP contribution is -2.48. The monoisotopic (exact) mass is 497 g/mol. The van der Waals surface area contributed by atoms with E-state index in [1.54, 1.807) is 43.3 Å². The molecule has 0 aliphatic heterocycles. The molecule has 3 aromatic rings. The van der Waals surface area contributed by atoms with Crippen LogP contribution in [0, 0.1) is 5.41 Å². The Balaban J connectivity index is 1.57. The number of esters is 1. The molecule has 1 saturated carbocycles. The molecule has 0 saturated heterocycles. The Bertz CT molecular complexity index is 1360. The Labute approximate surface area is 208 Å². The Kier molecular flexibility index (Phi) is 5.19. The molecule has 34 heavy (non-hydrogen) atoms. The molecule has 1 aromatic heterocycles. The second-order valence-corrected chi connectivity index (χ2v) is 10.6. The molecule has 0 radical (unpaired) electrons. The van der Waals surface area contributed by atoms with Crippen LogP contribution in [-0.4, -0.2) is 28.5 Å². The summed E-state index contributed by atoms with van der Waals surface area (Å²) in [7, 11) is 0. The summed E-state index contributed by atoms with van der Waals surface area (Å²) in [4.78, 5) is 35.8. The number of carbonyl (C=O) groups excluding carboxylic acids is 2. The third-order valence-electron chi connectivity index (χ3n) is 8.12. The van der Waals surface area contributed by atoms with Crippen molar-refractivity contribution in [2.24, 2.45) is 5.41 Å². The highest BCUT2D eigenvalue weighted by molar-refractivity contribution is 6.42. The maximum Gasteiger partial charge on any atom is 0.338 e. The fourth-order valence-electron chi connectivity index (χ4n) is 5.74. The van der Waals surface area contributed by atoms with E-state index in [-0.39, 0.29) is 11.3 Å². The molecule has 2 unspecified atom stereocenters. The molecule has 2 aromatic carbocycles. The normalized spacial score (nSPS) is 24.2. The Morgan fingerprint density at radius 3 is 2.15 bits per heavy atom. The predicted octanol–water partition coefficient (Wildman–Crippen LogP) is 6.08. The molecule has 1 heterocycles. The van der Waals surface area contributed by atoms with E-state index < -0.39 is 16.8 Å². The van der Waals surface area contributed by atoms with E-state index in [9.17, 15) is 9.59 Å². The molecule has 0 spiro atoms. The molecule has 5 rings (SSSR count). The minimum atomic E-state index is -0.857. The van der Waals surface area contributed by atoms with Crippen molar-refractivity contribution < 1.29 is 14.3 Å². The van der Waals surface area contributed by atoms with E-state index in [0.29, 0.717) is 51.1 Å². The van der Waals surface area contributed by atoms with E-state index in [1.165, 1.54) is 0 Å². The number of hydrogen-bond donors (Lipinski definition) is 1. The van der Waals surface area contributed by atoms with Crippen LogP contribution in [0.25, 0.3) is 11.0 Å². The third kappa shape index (κ3) is 2.94. The van der Waals surface area contributed by atoms with Gasteiger partial charge in [0.15, 0.2) is 0 Å². The van der Waals surface area contributed by atoms with Gasteiger partial charge in [0.1, 0.15) is 0 Å². The van der Waals surface area contributed by atoms with Crippen LogP contribution >= 0.6 is 23.2 Å². The van der Waals surface area contributed by atoms with Gasteiger partial charge in [-0.05, 0) is 61.6 Å². The highest BCUT2D eigenvalue weighted by atomic mass is 35.5. The fraction of sp³-hybridized carbons (Fsp3) is 0.385. The summed E-state index contributed by atoms with van der Waals surface area (Å²) in [6.07, 6.45) is 1.49. The van der Waals surface area contributed by atoms with Crippen LogP contribution in [0.5, 0.6) is 0 Å². The first-order valence-corrected chi connectivity index (χ1v) is 12.1. The molecule has 2 aliphatic carbocycles. The summed E-state index contributed by atoms with van der Waals surface area (Å²) in [6, 6.07) is 10.2. The van der Waals surface area contributed by atoms with Crippen molar-refractivity contribution in [1.29, 1.82) is 0 Å². The number of nitrogens with one attached hydrogen (secondary N) is 1. The minimum Gasteiger partial charge on any atom is -0.462 e. The molecule has 6 nitrogen and oxygen atoms in total. The number of ether oxygens (including phenoxy) is 1. The van der Waals surface area contributed by atoms with Crippen LogP contribution < -0.4 is 5.32 Å².